The molecule has 1 rings (SSSR count). The zero-order valence-corrected chi connectivity index (χ0v) is 19.6. The van der Waals surface area contributed by atoms with E-state index in [9.17, 15) is 8.42 Å². The van der Waals surface area contributed by atoms with Gasteiger partial charge in [0.2, 0.25) is 10.0 Å². The number of nitrogens with zero attached hydrogens (tertiary/aromatic N) is 2. The van der Waals surface area contributed by atoms with Crippen molar-refractivity contribution < 1.29 is 8.42 Å². The van der Waals surface area contributed by atoms with Gasteiger partial charge in [-0.1, -0.05) is 38.1 Å². The highest BCUT2D eigenvalue weighted by molar-refractivity contribution is 14.0. The monoisotopic (exact) mass is 496 g/mol. The minimum atomic E-state index is -3.25. The second-order valence-corrected chi connectivity index (χ2v) is 7.97. The molecule has 150 valence electrons. The zero-order chi connectivity index (χ0) is 18.9. The van der Waals surface area contributed by atoms with Crippen molar-refractivity contribution in [1.82, 2.24) is 14.9 Å². The average molecular weight is 496 g/mol. The summed E-state index contributed by atoms with van der Waals surface area (Å²) in [6.45, 7) is 11.8. The van der Waals surface area contributed by atoms with Gasteiger partial charge in [-0.2, -0.15) is 0 Å². The maximum atomic E-state index is 12.2. The van der Waals surface area contributed by atoms with Crippen molar-refractivity contribution in [3.05, 3.63) is 35.4 Å². The average Bonchev–Trinajstić information content (AvgIpc) is 2.56. The first kappa shape index (κ1) is 25.1. The third-order valence-corrected chi connectivity index (χ3v) is 6.07. The number of rotatable bonds is 9. The Kier molecular flexibility index (Phi) is 12.1. The Hall–Kier alpha value is -0.870. The van der Waals surface area contributed by atoms with Gasteiger partial charge in [-0.15, -0.1) is 24.0 Å². The van der Waals surface area contributed by atoms with E-state index in [-0.39, 0.29) is 42.3 Å². The summed E-state index contributed by atoms with van der Waals surface area (Å²) >= 11 is 0. The van der Waals surface area contributed by atoms with Crippen LogP contribution in [0.25, 0.3) is 0 Å². The lowest BCUT2D eigenvalue weighted by Crippen LogP contribution is -2.39. The minimum absolute atomic E-state index is 0. The van der Waals surface area contributed by atoms with Gasteiger partial charge in [0.1, 0.15) is 0 Å². The molecule has 0 bridgehead atoms. The van der Waals surface area contributed by atoms with Gasteiger partial charge in [0.15, 0.2) is 5.96 Å². The lowest BCUT2D eigenvalue weighted by Gasteiger charge is -2.20. The summed E-state index contributed by atoms with van der Waals surface area (Å²) < 4.78 is 25.9. The van der Waals surface area contributed by atoms with Crippen LogP contribution in [0, 0.1) is 6.92 Å². The van der Waals surface area contributed by atoms with Crippen LogP contribution in [0.5, 0.6) is 0 Å². The summed E-state index contributed by atoms with van der Waals surface area (Å²) in [4.78, 5) is 4.43. The van der Waals surface area contributed by atoms with Gasteiger partial charge in [-0.25, -0.2) is 12.7 Å². The van der Waals surface area contributed by atoms with Gasteiger partial charge in [0.25, 0.3) is 0 Å². The highest BCUT2D eigenvalue weighted by atomic mass is 127. The molecule has 0 heterocycles. The molecule has 2 N–H and O–H groups in total. The van der Waals surface area contributed by atoms with E-state index in [0.29, 0.717) is 19.0 Å². The summed E-state index contributed by atoms with van der Waals surface area (Å²) in [5, 5.41) is 6.53. The first-order valence-electron chi connectivity index (χ1n) is 8.93. The molecule has 0 amide bonds. The number of halogens is 1. The van der Waals surface area contributed by atoms with Gasteiger partial charge in [0, 0.05) is 19.6 Å². The molecular weight excluding hydrogens is 463 g/mol. The molecule has 0 aliphatic heterocycles. The number of benzene rings is 1. The second-order valence-electron chi connectivity index (χ2n) is 5.88. The maximum absolute atomic E-state index is 12.2. The number of nitrogens with one attached hydrogen (secondary N) is 2. The molecule has 26 heavy (non-hydrogen) atoms. The molecule has 1 aromatic carbocycles. The van der Waals surface area contributed by atoms with Gasteiger partial charge >= 0.3 is 0 Å². The molecule has 0 aliphatic carbocycles. The van der Waals surface area contributed by atoms with Gasteiger partial charge in [0.05, 0.1) is 18.3 Å². The van der Waals surface area contributed by atoms with E-state index in [0.717, 1.165) is 6.54 Å². The molecule has 0 fully saturated rings. The van der Waals surface area contributed by atoms with Crippen LogP contribution in [0.4, 0.5) is 0 Å². The predicted molar refractivity (Wildman–Crippen MR) is 121 cm³/mol. The quantitative estimate of drug-likeness (QED) is 0.313. The Morgan fingerprint density at radius 3 is 2.35 bits per heavy atom. The highest BCUT2D eigenvalue weighted by Gasteiger charge is 2.18. The first-order chi connectivity index (χ1) is 11.9. The summed E-state index contributed by atoms with van der Waals surface area (Å²) in [5.41, 5.74) is 2.41. The Balaban J connectivity index is 0.00000625. The highest BCUT2D eigenvalue weighted by Crippen LogP contribution is 2.16. The van der Waals surface area contributed by atoms with E-state index >= 15 is 0 Å². The van der Waals surface area contributed by atoms with Gasteiger partial charge in [-0.05, 0) is 31.9 Å². The van der Waals surface area contributed by atoms with E-state index in [4.69, 9.17) is 0 Å². The SMILES string of the molecule is CCNC(=NCCS(=O)(=O)N(CC)CC)NC(C)c1ccccc1C.I. The normalized spacial score (nSPS) is 13.2. The topological polar surface area (TPSA) is 73.8 Å². The van der Waals surface area contributed by atoms with Crippen LogP contribution in [0.3, 0.4) is 0 Å². The molecular formula is C18H33IN4O2S. The molecule has 6 nitrogen and oxygen atoms in total. The third kappa shape index (κ3) is 7.79. The molecule has 8 heteroatoms. The largest absolute Gasteiger partial charge is 0.357 e. The minimum Gasteiger partial charge on any atom is -0.357 e. The molecule has 1 aromatic rings. The number of aryl methyl sites for hydroxylation is 1. The molecule has 1 unspecified atom stereocenters. The van der Waals surface area contributed by atoms with Crippen molar-refractivity contribution in [2.45, 2.75) is 40.7 Å². The van der Waals surface area contributed by atoms with Crippen molar-refractivity contribution in [2.75, 3.05) is 31.9 Å². The predicted octanol–water partition coefficient (Wildman–Crippen LogP) is 2.90. The van der Waals surface area contributed by atoms with Crippen LogP contribution in [0.2, 0.25) is 0 Å². The maximum Gasteiger partial charge on any atom is 0.215 e. The smallest absolute Gasteiger partial charge is 0.215 e. The number of hydrogen-bond acceptors (Lipinski definition) is 3. The summed E-state index contributed by atoms with van der Waals surface area (Å²) in [6, 6.07) is 8.28. The Morgan fingerprint density at radius 1 is 1.19 bits per heavy atom. The lowest BCUT2D eigenvalue weighted by atomic mass is 10.0. The van der Waals surface area contributed by atoms with E-state index in [1.165, 1.54) is 15.4 Å². The molecule has 0 spiro atoms. The van der Waals surface area contributed by atoms with Crippen molar-refractivity contribution in [2.24, 2.45) is 4.99 Å². The van der Waals surface area contributed by atoms with Crippen molar-refractivity contribution >= 4 is 40.0 Å². The lowest BCUT2D eigenvalue weighted by molar-refractivity contribution is 0.445. The van der Waals surface area contributed by atoms with Crippen molar-refractivity contribution in [3.8, 4) is 0 Å². The number of sulfonamides is 1. The Morgan fingerprint density at radius 2 is 1.81 bits per heavy atom. The molecule has 1 atom stereocenters. The molecule has 0 saturated carbocycles. The standard InChI is InChI=1S/C18H32N4O2S.HI/c1-6-19-18(20-13-14-25(23,24)22(7-2)8-3)21-16(5)17-12-10-9-11-15(17)4;/h9-12,16H,6-8,13-14H2,1-5H3,(H2,19,20,21);1H. The number of aliphatic imine (C=N–C) groups is 1. The molecule has 0 aliphatic rings. The fourth-order valence-electron chi connectivity index (χ4n) is 2.69. The molecule has 0 aromatic heterocycles. The fourth-order valence-corrected chi connectivity index (χ4v) is 4.06. The number of hydrogen-bond donors (Lipinski definition) is 2. The van der Waals surface area contributed by atoms with E-state index < -0.39 is 10.0 Å². The first-order valence-corrected chi connectivity index (χ1v) is 10.5. The van der Waals surface area contributed by atoms with Crippen molar-refractivity contribution in [3.63, 3.8) is 0 Å². The van der Waals surface area contributed by atoms with Crippen LogP contribution in [-0.2, 0) is 10.0 Å². The van der Waals surface area contributed by atoms with E-state index in [1.54, 1.807) is 0 Å². The van der Waals surface area contributed by atoms with Crippen LogP contribution in [0.1, 0.15) is 44.9 Å². The van der Waals surface area contributed by atoms with Crippen molar-refractivity contribution in [1.29, 1.82) is 0 Å². The van der Waals surface area contributed by atoms with Crippen LogP contribution < -0.4 is 10.6 Å². The Labute approximate surface area is 175 Å². The third-order valence-electron chi connectivity index (χ3n) is 4.07. The number of guanidine groups is 1. The summed E-state index contributed by atoms with van der Waals surface area (Å²) in [7, 11) is -3.25. The van der Waals surface area contributed by atoms with Gasteiger partial charge in [-0.3, -0.25) is 4.99 Å². The van der Waals surface area contributed by atoms with E-state index in [1.807, 2.05) is 32.9 Å². The molecule has 0 radical (unpaired) electrons. The second kappa shape index (κ2) is 12.5. The summed E-state index contributed by atoms with van der Waals surface area (Å²) in [6.07, 6.45) is 0. The van der Waals surface area contributed by atoms with E-state index in [2.05, 4.69) is 41.6 Å². The fraction of sp³-hybridized carbons (Fsp3) is 0.611. The van der Waals surface area contributed by atoms with Crippen LogP contribution >= 0.6 is 24.0 Å². The molecule has 0 saturated heterocycles. The van der Waals surface area contributed by atoms with Gasteiger partial charge < -0.3 is 10.6 Å². The summed E-state index contributed by atoms with van der Waals surface area (Å²) in [5.74, 6) is 0.650. The zero-order valence-electron chi connectivity index (χ0n) is 16.4. The van der Waals surface area contributed by atoms with Crippen LogP contribution in [0.15, 0.2) is 29.3 Å². The Bertz CT molecular complexity index is 661. The van der Waals surface area contributed by atoms with Crippen LogP contribution in [-0.4, -0.2) is 50.6 Å².